The van der Waals surface area contributed by atoms with Gasteiger partial charge in [-0.2, -0.15) is 0 Å². The highest BCUT2D eigenvalue weighted by molar-refractivity contribution is 5.71. The van der Waals surface area contributed by atoms with Crippen molar-refractivity contribution in [3.8, 4) is 0 Å². The number of hydrogen-bond acceptors (Lipinski definition) is 6. The van der Waals surface area contributed by atoms with E-state index in [0.29, 0.717) is 19.3 Å². The van der Waals surface area contributed by atoms with Crippen molar-refractivity contribution in [1.29, 1.82) is 0 Å². The second kappa shape index (κ2) is 51.4. The lowest BCUT2D eigenvalue weighted by Crippen LogP contribution is -2.30. The zero-order valence-corrected chi connectivity index (χ0v) is 41.0. The Bertz CT molecular complexity index is 1390. The van der Waals surface area contributed by atoms with Crippen LogP contribution in [0.2, 0.25) is 0 Å². The molecule has 0 saturated heterocycles. The molecule has 64 heavy (non-hydrogen) atoms. The summed E-state index contributed by atoms with van der Waals surface area (Å²) >= 11 is 0. The fourth-order valence-electron chi connectivity index (χ4n) is 6.55. The van der Waals surface area contributed by atoms with Gasteiger partial charge in [-0.25, -0.2) is 0 Å². The second-order valence-corrected chi connectivity index (χ2v) is 16.4. The van der Waals surface area contributed by atoms with Crippen LogP contribution < -0.4 is 0 Å². The number of carbonyl (C=O) groups is 3. The minimum atomic E-state index is -0.806. The fraction of sp³-hybridized carbons (Fsp3) is 0.603. The van der Waals surface area contributed by atoms with Gasteiger partial charge in [0.15, 0.2) is 6.10 Å². The first-order chi connectivity index (χ1) is 31.5. The van der Waals surface area contributed by atoms with Crippen molar-refractivity contribution in [2.75, 3.05) is 13.2 Å². The molecule has 0 amide bonds. The van der Waals surface area contributed by atoms with Crippen LogP contribution in [0.3, 0.4) is 0 Å². The number of rotatable bonds is 44. The molecule has 6 nitrogen and oxygen atoms in total. The van der Waals surface area contributed by atoms with Gasteiger partial charge in [0.25, 0.3) is 0 Å². The molecule has 0 aromatic carbocycles. The number of ether oxygens (including phenoxy) is 3. The highest BCUT2D eigenvalue weighted by Crippen LogP contribution is 2.14. The van der Waals surface area contributed by atoms with Crippen LogP contribution in [0.15, 0.2) is 122 Å². The largest absolute Gasteiger partial charge is 0.462 e. The van der Waals surface area contributed by atoms with Crippen molar-refractivity contribution in [1.82, 2.24) is 0 Å². The van der Waals surface area contributed by atoms with E-state index in [9.17, 15) is 14.4 Å². The minimum Gasteiger partial charge on any atom is -0.462 e. The summed E-state index contributed by atoms with van der Waals surface area (Å²) in [7, 11) is 0. The van der Waals surface area contributed by atoms with Crippen molar-refractivity contribution >= 4 is 17.9 Å². The van der Waals surface area contributed by atoms with Crippen LogP contribution in [0.4, 0.5) is 0 Å². The molecule has 0 heterocycles. The number of hydrogen-bond donors (Lipinski definition) is 0. The van der Waals surface area contributed by atoms with Crippen LogP contribution in [0.1, 0.15) is 207 Å². The summed E-state index contributed by atoms with van der Waals surface area (Å²) in [6.45, 7) is 6.20. The van der Waals surface area contributed by atoms with Gasteiger partial charge < -0.3 is 14.2 Å². The average Bonchev–Trinajstić information content (AvgIpc) is 3.29. The molecule has 0 aliphatic heterocycles. The summed E-state index contributed by atoms with van der Waals surface area (Å²) in [5, 5.41) is 0. The van der Waals surface area contributed by atoms with E-state index in [1.54, 1.807) is 0 Å². The molecular weight excluding hydrogens is 793 g/mol. The maximum Gasteiger partial charge on any atom is 0.306 e. The maximum atomic E-state index is 12.8. The number of unbranched alkanes of at least 4 members (excludes halogenated alkanes) is 17. The van der Waals surface area contributed by atoms with Crippen molar-refractivity contribution in [2.24, 2.45) is 0 Å². The molecule has 0 N–H and O–H groups in total. The predicted octanol–water partition coefficient (Wildman–Crippen LogP) is 16.9. The Morgan fingerprint density at radius 1 is 0.328 bits per heavy atom. The fourth-order valence-corrected chi connectivity index (χ4v) is 6.55. The molecule has 0 bridgehead atoms. The Kier molecular flexibility index (Phi) is 48.1. The van der Waals surface area contributed by atoms with Gasteiger partial charge in [0.1, 0.15) is 13.2 Å². The molecule has 0 aromatic heterocycles. The molecule has 1 unspecified atom stereocenters. The quantitative estimate of drug-likeness (QED) is 0.0199. The molecule has 0 radical (unpaired) electrons. The lowest BCUT2D eigenvalue weighted by Gasteiger charge is -2.18. The summed E-state index contributed by atoms with van der Waals surface area (Å²) < 4.78 is 16.8. The Morgan fingerprint density at radius 3 is 1.06 bits per heavy atom. The zero-order valence-electron chi connectivity index (χ0n) is 41.0. The van der Waals surface area contributed by atoms with Gasteiger partial charge in [-0.1, -0.05) is 213 Å². The molecule has 0 aliphatic rings. The van der Waals surface area contributed by atoms with Gasteiger partial charge in [-0.3, -0.25) is 14.4 Å². The summed E-state index contributed by atoms with van der Waals surface area (Å²) in [6.07, 6.45) is 70.3. The molecule has 6 heteroatoms. The lowest BCUT2D eigenvalue weighted by atomic mass is 10.1. The number of allylic oxidation sites excluding steroid dienone is 20. The van der Waals surface area contributed by atoms with Crippen LogP contribution in [-0.2, 0) is 28.6 Å². The second-order valence-electron chi connectivity index (χ2n) is 16.4. The van der Waals surface area contributed by atoms with Gasteiger partial charge in [0, 0.05) is 19.3 Å². The molecule has 0 rings (SSSR count). The number of carbonyl (C=O) groups excluding carboxylic acids is 3. The SMILES string of the molecule is CC\C=C/C=C\C=C/CCCCCCCCCC(=O)OCC(COC(=O)CCCCC/C=C\C/C=C\C/C=C\C/C=C\CC)OC(=O)CCCCCCCCC\C=C/C=C\C=C/CC. The van der Waals surface area contributed by atoms with Crippen LogP contribution in [-0.4, -0.2) is 37.2 Å². The Labute approximate surface area is 392 Å². The normalized spacial score (nSPS) is 13.1. The van der Waals surface area contributed by atoms with Gasteiger partial charge in [-0.05, 0) is 96.3 Å². The first kappa shape index (κ1) is 59.8. The van der Waals surface area contributed by atoms with Crippen LogP contribution in [0.25, 0.3) is 0 Å². The molecule has 0 aliphatic carbocycles. The van der Waals surface area contributed by atoms with Crippen molar-refractivity contribution < 1.29 is 28.6 Å². The third-order valence-corrected chi connectivity index (χ3v) is 10.3. The van der Waals surface area contributed by atoms with Gasteiger partial charge >= 0.3 is 17.9 Å². The van der Waals surface area contributed by atoms with Crippen LogP contribution in [0, 0.1) is 0 Å². The monoisotopic (exact) mass is 885 g/mol. The summed E-state index contributed by atoms with van der Waals surface area (Å²) in [5.74, 6) is -0.966. The topological polar surface area (TPSA) is 78.9 Å². The molecule has 1 atom stereocenters. The molecule has 0 aromatic rings. The molecule has 0 saturated carbocycles. The Hall–Kier alpha value is -4.19. The zero-order chi connectivity index (χ0) is 46.5. The maximum absolute atomic E-state index is 12.8. The standard InChI is InChI=1S/C58H92O6/c1-4-7-10-13-16-19-22-25-28-31-33-36-39-42-45-48-51-57(60)63-54-55(64-58(61)52-49-46-43-40-37-34-30-27-24-21-18-15-12-9-6-3)53-62-56(59)50-47-44-41-38-35-32-29-26-23-20-17-14-11-8-5-2/h7-12,14-21,23-25,28,33,36,55H,4-6,13,22,26-27,29-32,34-35,37-54H2,1-3H3/b10-7-,11-8-,12-9-,17-14-,18-15-,19-16-,23-20-,24-21-,28-25-,36-33-. The lowest BCUT2D eigenvalue weighted by molar-refractivity contribution is -0.167. The van der Waals surface area contributed by atoms with Crippen LogP contribution in [0.5, 0.6) is 0 Å². The first-order valence-electron chi connectivity index (χ1n) is 25.6. The molecule has 360 valence electrons. The van der Waals surface area contributed by atoms with E-state index < -0.39 is 6.10 Å². The van der Waals surface area contributed by atoms with E-state index in [1.165, 1.54) is 44.9 Å². The third kappa shape index (κ3) is 48.8. The third-order valence-electron chi connectivity index (χ3n) is 10.3. The van der Waals surface area contributed by atoms with E-state index in [4.69, 9.17) is 14.2 Å². The molecule has 0 fully saturated rings. The van der Waals surface area contributed by atoms with E-state index in [2.05, 4.69) is 142 Å². The molecular formula is C58H92O6. The summed E-state index contributed by atoms with van der Waals surface area (Å²) in [6, 6.07) is 0. The van der Waals surface area contributed by atoms with Crippen molar-refractivity contribution in [3.63, 3.8) is 0 Å². The average molecular weight is 885 g/mol. The van der Waals surface area contributed by atoms with E-state index in [-0.39, 0.29) is 31.1 Å². The Morgan fingerprint density at radius 2 is 0.641 bits per heavy atom. The predicted molar refractivity (Wildman–Crippen MR) is 274 cm³/mol. The highest BCUT2D eigenvalue weighted by atomic mass is 16.6. The van der Waals surface area contributed by atoms with E-state index >= 15 is 0 Å². The molecule has 0 spiro atoms. The highest BCUT2D eigenvalue weighted by Gasteiger charge is 2.19. The first-order valence-corrected chi connectivity index (χ1v) is 25.6. The Balaban J connectivity index is 4.50. The van der Waals surface area contributed by atoms with Gasteiger partial charge in [-0.15, -0.1) is 0 Å². The van der Waals surface area contributed by atoms with E-state index in [0.717, 1.165) is 122 Å². The number of esters is 3. The van der Waals surface area contributed by atoms with Gasteiger partial charge in [0.05, 0.1) is 0 Å². The van der Waals surface area contributed by atoms with Crippen molar-refractivity contribution in [2.45, 2.75) is 213 Å². The smallest absolute Gasteiger partial charge is 0.306 e. The summed E-state index contributed by atoms with van der Waals surface area (Å²) in [5.41, 5.74) is 0. The van der Waals surface area contributed by atoms with Gasteiger partial charge in [0.2, 0.25) is 0 Å². The minimum absolute atomic E-state index is 0.103. The van der Waals surface area contributed by atoms with Crippen LogP contribution >= 0.6 is 0 Å². The van der Waals surface area contributed by atoms with E-state index in [1.807, 2.05) is 0 Å². The summed E-state index contributed by atoms with van der Waals surface area (Å²) in [4.78, 5) is 38.0. The van der Waals surface area contributed by atoms with Crippen molar-refractivity contribution in [3.05, 3.63) is 122 Å².